The van der Waals surface area contributed by atoms with E-state index in [4.69, 9.17) is 27.9 Å². The average molecular weight is 508 g/mol. The van der Waals surface area contributed by atoms with Crippen molar-refractivity contribution in [3.63, 3.8) is 0 Å². The van der Waals surface area contributed by atoms with Gasteiger partial charge in [-0.05, 0) is 53.6 Å². The molecule has 186 valence electrons. The zero-order valence-electron chi connectivity index (χ0n) is 20.8. The number of halogens is 2. The third-order valence-electron chi connectivity index (χ3n) is 5.65. The molecule has 1 unspecified atom stereocenters. The summed E-state index contributed by atoms with van der Waals surface area (Å²) in [4.78, 5) is 27.8. The van der Waals surface area contributed by atoms with Crippen LogP contribution >= 0.6 is 23.2 Å². The molecule has 0 fully saturated rings. The van der Waals surface area contributed by atoms with Crippen molar-refractivity contribution in [3.8, 4) is 5.75 Å². The summed E-state index contributed by atoms with van der Waals surface area (Å²) < 4.78 is 5.80. The van der Waals surface area contributed by atoms with Gasteiger partial charge in [0, 0.05) is 23.1 Å². The summed E-state index contributed by atoms with van der Waals surface area (Å²) in [6, 6.07) is 12.2. The van der Waals surface area contributed by atoms with Crippen LogP contribution in [0.4, 0.5) is 0 Å². The molecule has 0 bridgehead atoms. The number of nitrogens with one attached hydrogen (secondary N) is 1. The van der Waals surface area contributed by atoms with Crippen LogP contribution in [-0.2, 0) is 21.5 Å². The number of benzene rings is 2. The van der Waals surface area contributed by atoms with Gasteiger partial charge in [-0.25, -0.2) is 0 Å². The highest BCUT2D eigenvalue weighted by Gasteiger charge is 2.29. The Morgan fingerprint density at radius 3 is 2.29 bits per heavy atom. The van der Waals surface area contributed by atoms with Crippen molar-refractivity contribution < 1.29 is 14.3 Å². The van der Waals surface area contributed by atoms with Crippen LogP contribution in [0.15, 0.2) is 42.5 Å². The third-order valence-corrected chi connectivity index (χ3v) is 6.24. The molecule has 34 heavy (non-hydrogen) atoms. The molecule has 0 aliphatic carbocycles. The van der Waals surface area contributed by atoms with Gasteiger partial charge in [-0.15, -0.1) is 0 Å². The lowest BCUT2D eigenvalue weighted by molar-refractivity contribution is -0.143. The first kappa shape index (κ1) is 28.0. The summed E-state index contributed by atoms with van der Waals surface area (Å²) in [5.74, 6) is 0.138. The van der Waals surface area contributed by atoms with Crippen LogP contribution in [0.3, 0.4) is 0 Å². The molecule has 2 aromatic rings. The second-order valence-electron chi connectivity index (χ2n) is 9.39. The topological polar surface area (TPSA) is 58.6 Å². The number of nitrogens with zero attached hydrogens (tertiary/aromatic N) is 1. The molecule has 0 spiro atoms. The quantitative estimate of drug-likeness (QED) is 0.359. The monoisotopic (exact) mass is 506 g/mol. The normalized spacial score (nSPS) is 12.2. The maximum absolute atomic E-state index is 13.3. The minimum atomic E-state index is -0.636. The number of hydrogen-bond donors (Lipinski definition) is 1. The Hall–Kier alpha value is -2.24. The first-order chi connectivity index (χ1) is 16.1. The van der Waals surface area contributed by atoms with Crippen molar-refractivity contribution in [2.75, 3.05) is 13.2 Å². The molecule has 1 atom stereocenters. The third kappa shape index (κ3) is 8.21. The molecule has 7 heteroatoms. The van der Waals surface area contributed by atoms with Gasteiger partial charge in [-0.1, -0.05) is 82.4 Å². The molecule has 2 aromatic carbocycles. The van der Waals surface area contributed by atoms with Crippen LogP contribution in [0.1, 0.15) is 65.0 Å². The number of unbranched alkanes of at least 4 members (excludes halogenated alkanes) is 1. The smallest absolute Gasteiger partial charge is 0.261 e. The lowest BCUT2D eigenvalue weighted by Crippen LogP contribution is -2.50. The van der Waals surface area contributed by atoms with Gasteiger partial charge in [0.2, 0.25) is 5.91 Å². The Morgan fingerprint density at radius 2 is 1.74 bits per heavy atom. The Bertz CT molecular complexity index is 955. The lowest BCUT2D eigenvalue weighted by Gasteiger charge is -2.31. The fourth-order valence-electron chi connectivity index (χ4n) is 3.54. The van der Waals surface area contributed by atoms with Gasteiger partial charge in [0.15, 0.2) is 6.61 Å². The van der Waals surface area contributed by atoms with Crippen LogP contribution in [0.25, 0.3) is 0 Å². The van der Waals surface area contributed by atoms with E-state index in [1.807, 2.05) is 31.2 Å². The first-order valence-corrected chi connectivity index (χ1v) is 12.6. The minimum absolute atomic E-state index is 0.0302. The summed E-state index contributed by atoms with van der Waals surface area (Å²) >= 11 is 12.4. The molecular formula is C27H36Cl2N2O3. The second kappa shape index (κ2) is 13.0. The summed E-state index contributed by atoms with van der Waals surface area (Å²) in [6.45, 7) is 11.0. The minimum Gasteiger partial charge on any atom is -0.484 e. The highest BCUT2D eigenvalue weighted by atomic mass is 35.5. The number of rotatable bonds is 11. The van der Waals surface area contributed by atoms with E-state index in [1.54, 1.807) is 23.1 Å². The van der Waals surface area contributed by atoms with Crippen LogP contribution in [0, 0.1) is 0 Å². The van der Waals surface area contributed by atoms with E-state index in [1.165, 1.54) is 5.56 Å². The fourth-order valence-corrected chi connectivity index (χ4v) is 4.01. The highest BCUT2D eigenvalue weighted by Crippen LogP contribution is 2.25. The number of ether oxygens (including phenoxy) is 1. The van der Waals surface area contributed by atoms with E-state index in [9.17, 15) is 9.59 Å². The van der Waals surface area contributed by atoms with Crippen LogP contribution in [0.5, 0.6) is 5.75 Å². The van der Waals surface area contributed by atoms with Crippen LogP contribution < -0.4 is 10.1 Å². The number of hydrogen-bond acceptors (Lipinski definition) is 3. The van der Waals surface area contributed by atoms with Crippen molar-refractivity contribution in [2.45, 2.75) is 71.9 Å². The SMILES string of the molecule is CCCCNC(=O)C(CC)N(Cc1ccc(Cl)cc1Cl)C(=O)COc1ccc(C(C)(C)C)cc1. The molecule has 0 radical (unpaired) electrons. The number of carbonyl (C=O) groups excluding carboxylic acids is 2. The molecular weight excluding hydrogens is 471 g/mol. The molecule has 0 aliphatic rings. The van der Waals surface area contributed by atoms with E-state index in [0.29, 0.717) is 34.3 Å². The molecule has 0 heterocycles. The predicted molar refractivity (Wildman–Crippen MR) is 140 cm³/mol. The average Bonchev–Trinajstić information content (AvgIpc) is 2.78. The van der Waals surface area contributed by atoms with Gasteiger partial charge in [-0.2, -0.15) is 0 Å². The molecule has 0 aliphatic heterocycles. The van der Waals surface area contributed by atoms with Gasteiger partial charge in [-0.3, -0.25) is 9.59 Å². The number of carbonyl (C=O) groups is 2. The summed E-state index contributed by atoms with van der Waals surface area (Å²) in [6.07, 6.45) is 2.32. The molecule has 2 amide bonds. The zero-order valence-corrected chi connectivity index (χ0v) is 22.3. The Balaban J connectivity index is 2.20. The van der Waals surface area contributed by atoms with Crippen molar-refractivity contribution in [3.05, 3.63) is 63.6 Å². The van der Waals surface area contributed by atoms with E-state index in [-0.39, 0.29) is 30.4 Å². The van der Waals surface area contributed by atoms with Crippen molar-refractivity contribution >= 4 is 35.0 Å². The Labute approximate surface area is 213 Å². The maximum Gasteiger partial charge on any atom is 0.261 e. The zero-order chi connectivity index (χ0) is 25.3. The second-order valence-corrected chi connectivity index (χ2v) is 10.2. The van der Waals surface area contributed by atoms with Gasteiger partial charge in [0.25, 0.3) is 5.91 Å². The van der Waals surface area contributed by atoms with Crippen molar-refractivity contribution in [2.24, 2.45) is 0 Å². The Morgan fingerprint density at radius 1 is 1.06 bits per heavy atom. The molecule has 0 aromatic heterocycles. The predicted octanol–water partition coefficient (Wildman–Crippen LogP) is 6.39. The number of amides is 2. The van der Waals surface area contributed by atoms with E-state index >= 15 is 0 Å². The lowest BCUT2D eigenvalue weighted by atomic mass is 9.87. The van der Waals surface area contributed by atoms with Crippen LogP contribution in [-0.4, -0.2) is 35.9 Å². The summed E-state index contributed by atoms with van der Waals surface area (Å²) in [7, 11) is 0. The van der Waals surface area contributed by atoms with Crippen molar-refractivity contribution in [1.82, 2.24) is 10.2 Å². The Kier molecular flexibility index (Phi) is 10.7. The highest BCUT2D eigenvalue weighted by molar-refractivity contribution is 6.35. The van der Waals surface area contributed by atoms with Gasteiger partial charge < -0.3 is 15.0 Å². The largest absolute Gasteiger partial charge is 0.484 e. The van der Waals surface area contributed by atoms with Gasteiger partial charge >= 0.3 is 0 Å². The van der Waals surface area contributed by atoms with Crippen molar-refractivity contribution in [1.29, 1.82) is 0 Å². The maximum atomic E-state index is 13.3. The molecule has 0 saturated carbocycles. The summed E-state index contributed by atoms with van der Waals surface area (Å²) in [5.41, 5.74) is 1.93. The fraction of sp³-hybridized carbons (Fsp3) is 0.481. The van der Waals surface area contributed by atoms with Gasteiger partial charge in [0.1, 0.15) is 11.8 Å². The van der Waals surface area contributed by atoms with Crippen LogP contribution in [0.2, 0.25) is 10.0 Å². The van der Waals surface area contributed by atoms with E-state index < -0.39 is 6.04 Å². The standard InChI is InChI=1S/C27H36Cl2N2O3/c1-6-8-15-30-26(33)24(7-2)31(17-19-9-12-21(28)16-23(19)29)25(32)18-34-22-13-10-20(11-14-22)27(3,4)5/h9-14,16,24H,6-8,15,17-18H2,1-5H3,(H,30,33). The molecule has 0 saturated heterocycles. The molecule has 2 rings (SSSR count). The molecule has 5 nitrogen and oxygen atoms in total. The van der Waals surface area contributed by atoms with E-state index in [0.717, 1.165) is 12.8 Å². The molecule has 1 N–H and O–H groups in total. The van der Waals surface area contributed by atoms with E-state index in [2.05, 4.69) is 33.0 Å². The first-order valence-electron chi connectivity index (χ1n) is 11.8. The van der Waals surface area contributed by atoms with Gasteiger partial charge in [0.05, 0.1) is 0 Å². The summed E-state index contributed by atoms with van der Waals surface area (Å²) in [5, 5.41) is 3.91.